The minimum atomic E-state index is 0.00742. The summed E-state index contributed by atoms with van der Waals surface area (Å²) < 4.78 is 0. The predicted octanol–water partition coefficient (Wildman–Crippen LogP) is 4.26. The molecule has 0 spiro atoms. The molecule has 32 heavy (non-hydrogen) atoms. The van der Waals surface area contributed by atoms with E-state index in [4.69, 9.17) is 0 Å². The first-order chi connectivity index (χ1) is 15.6. The van der Waals surface area contributed by atoms with Gasteiger partial charge in [0.25, 0.3) is 0 Å². The van der Waals surface area contributed by atoms with E-state index < -0.39 is 0 Å². The third-order valence-corrected chi connectivity index (χ3v) is 9.81. The number of fused-ring (bicyclic) bond motifs is 4. The summed E-state index contributed by atoms with van der Waals surface area (Å²) in [5, 5.41) is 12.5. The summed E-state index contributed by atoms with van der Waals surface area (Å²) in [7, 11) is 0. The first-order valence-electron chi connectivity index (χ1n) is 13.7. The van der Waals surface area contributed by atoms with Gasteiger partial charge in [0, 0.05) is 26.2 Å². The highest BCUT2D eigenvalue weighted by atomic mass is 16.2. The molecule has 0 saturated heterocycles. The smallest absolute Gasteiger partial charge is 0.314 e. The predicted molar refractivity (Wildman–Crippen MR) is 126 cm³/mol. The molecule has 0 aromatic rings. The number of carbonyl (C=O) groups is 2. The van der Waals surface area contributed by atoms with Crippen LogP contribution in [0.5, 0.6) is 0 Å². The van der Waals surface area contributed by atoms with Crippen molar-refractivity contribution in [2.45, 2.75) is 77.0 Å². The van der Waals surface area contributed by atoms with E-state index in [-0.39, 0.29) is 12.1 Å². The van der Waals surface area contributed by atoms with Crippen molar-refractivity contribution in [1.29, 1.82) is 0 Å². The second kappa shape index (κ2) is 10.2. The molecule has 8 atom stereocenters. The van der Waals surface area contributed by atoms with Crippen molar-refractivity contribution >= 4 is 12.1 Å². The van der Waals surface area contributed by atoms with E-state index in [1.165, 1.54) is 70.6 Å². The molecule has 5 aliphatic carbocycles. The Labute approximate surface area is 193 Å². The molecule has 5 aliphatic rings. The molecule has 0 aromatic carbocycles. The van der Waals surface area contributed by atoms with Gasteiger partial charge < -0.3 is 21.3 Å². The Morgan fingerprint density at radius 2 is 1.00 bits per heavy atom. The van der Waals surface area contributed by atoms with Crippen LogP contribution in [0.15, 0.2) is 0 Å². The number of rotatable bonds is 8. The van der Waals surface area contributed by atoms with Gasteiger partial charge in [-0.15, -0.1) is 0 Å². The number of nitrogens with one attached hydrogen (secondary N) is 4. The average molecular weight is 445 g/mol. The Hall–Kier alpha value is -1.46. The summed E-state index contributed by atoms with van der Waals surface area (Å²) in [6.07, 6.45) is 15.6. The zero-order chi connectivity index (χ0) is 21.9. The summed E-state index contributed by atoms with van der Waals surface area (Å²) in [4.78, 5) is 24.6. The quantitative estimate of drug-likeness (QED) is 0.451. The molecule has 6 heteroatoms. The van der Waals surface area contributed by atoms with Gasteiger partial charge in [-0.3, -0.25) is 0 Å². The highest BCUT2D eigenvalue weighted by Gasteiger charge is 2.40. The molecular formula is C26H44N4O2. The largest absolute Gasteiger partial charge is 0.338 e. The fourth-order valence-corrected chi connectivity index (χ4v) is 8.07. The van der Waals surface area contributed by atoms with E-state index in [9.17, 15) is 9.59 Å². The summed E-state index contributed by atoms with van der Waals surface area (Å²) in [5.74, 6) is 6.06. The van der Waals surface area contributed by atoms with E-state index in [1.807, 2.05) is 0 Å². The van der Waals surface area contributed by atoms with Crippen molar-refractivity contribution in [3.8, 4) is 0 Å². The van der Waals surface area contributed by atoms with Crippen molar-refractivity contribution in [1.82, 2.24) is 21.3 Å². The van der Waals surface area contributed by atoms with E-state index >= 15 is 0 Å². The Morgan fingerprint density at radius 1 is 0.531 bits per heavy atom. The molecule has 0 aromatic heterocycles. The minimum Gasteiger partial charge on any atom is -0.338 e. The minimum absolute atomic E-state index is 0.00742. The lowest BCUT2D eigenvalue weighted by Crippen LogP contribution is -2.43. The van der Waals surface area contributed by atoms with Crippen LogP contribution < -0.4 is 21.3 Å². The van der Waals surface area contributed by atoms with Gasteiger partial charge in [-0.1, -0.05) is 19.3 Å². The Bertz CT molecular complexity index is 616. The summed E-state index contributed by atoms with van der Waals surface area (Å²) in [5.41, 5.74) is 0. The SMILES string of the molecule is O=C(NC[C@H]1CCC[C@H](CNC(=O)NC[C@@H]2C[C@@H]3CC[C@@H]2C3)C1)NC[C@@H]1C[C@@H]2CC[C@@H]1C2. The lowest BCUT2D eigenvalue weighted by molar-refractivity contribution is 0.217. The number of urea groups is 2. The van der Waals surface area contributed by atoms with Crippen LogP contribution in [0, 0.1) is 47.3 Å². The second-order valence-electron chi connectivity index (χ2n) is 12.0. The average Bonchev–Trinajstić information content (AvgIpc) is 3.61. The first kappa shape index (κ1) is 22.3. The fraction of sp³-hybridized carbons (Fsp3) is 0.923. The molecule has 5 saturated carbocycles. The van der Waals surface area contributed by atoms with E-state index in [0.717, 1.165) is 56.3 Å². The van der Waals surface area contributed by atoms with Gasteiger partial charge in [0.2, 0.25) is 0 Å². The normalized spacial score (nSPS) is 39.8. The van der Waals surface area contributed by atoms with Gasteiger partial charge in [-0.05, 0) is 105 Å². The third-order valence-electron chi connectivity index (χ3n) is 9.81. The summed E-state index contributed by atoms with van der Waals surface area (Å²) in [6, 6.07) is 0.0148. The van der Waals surface area contributed by atoms with Gasteiger partial charge >= 0.3 is 12.1 Å². The van der Waals surface area contributed by atoms with Gasteiger partial charge in [0.15, 0.2) is 0 Å². The Morgan fingerprint density at radius 3 is 1.41 bits per heavy atom. The van der Waals surface area contributed by atoms with Crippen molar-refractivity contribution < 1.29 is 9.59 Å². The number of hydrogen-bond acceptors (Lipinski definition) is 2. The van der Waals surface area contributed by atoms with Crippen molar-refractivity contribution in [2.24, 2.45) is 47.3 Å². The highest BCUT2D eigenvalue weighted by molar-refractivity contribution is 5.74. The van der Waals surface area contributed by atoms with E-state index in [2.05, 4.69) is 21.3 Å². The fourth-order valence-electron chi connectivity index (χ4n) is 8.07. The topological polar surface area (TPSA) is 82.3 Å². The molecule has 6 nitrogen and oxygen atoms in total. The van der Waals surface area contributed by atoms with Crippen LogP contribution in [-0.2, 0) is 0 Å². The van der Waals surface area contributed by atoms with Crippen LogP contribution in [0.2, 0.25) is 0 Å². The number of amides is 4. The number of carbonyl (C=O) groups excluding carboxylic acids is 2. The Balaban J connectivity index is 0.933. The molecule has 0 aliphatic heterocycles. The number of hydrogen-bond donors (Lipinski definition) is 4. The van der Waals surface area contributed by atoms with E-state index in [1.54, 1.807) is 0 Å². The van der Waals surface area contributed by atoms with Crippen LogP contribution >= 0.6 is 0 Å². The highest BCUT2D eigenvalue weighted by Crippen LogP contribution is 2.48. The van der Waals surface area contributed by atoms with Crippen LogP contribution in [0.25, 0.3) is 0 Å². The molecule has 4 amide bonds. The van der Waals surface area contributed by atoms with E-state index in [0.29, 0.717) is 23.7 Å². The maximum atomic E-state index is 12.3. The van der Waals surface area contributed by atoms with Crippen molar-refractivity contribution in [3.05, 3.63) is 0 Å². The molecular weight excluding hydrogens is 400 g/mol. The first-order valence-corrected chi connectivity index (χ1v) is 13.7. The van der Waals surface area contributed by atoms with Crippen molar-refractivity contribution in [3.63, 3.8) is 0 Å². The van der Waals surface area contributed by atoms with Gasteiger partial charge in [0.1, 0.15) is 0 Å². The van der Waals surface area contributed by atoms with Crippen LogP contribution in [-0.4, -0.2) is 38.2 Å². The molecule has 180 valence electrons. The van der Waals surface area contributed by atoms with Crippen LogP contribution in [0.3, 0.4) is 0 Å². The zero-order valence-corrected chi connectivity index (χ0v) is 19.7. The molecule has 5 fully saturated rings. The second-order valence-corrected chi connectivity index (χ2v) is 12.0. The van der Waals surface area contributed by atoms with Gasteiger partial charge in [0.05, 0.1) is 0 Å². The zero-order valence-electron chi connectivity index (χ0n) is 19.7. The van der Waals surface area contributed by atoms with Gasteiger partial charge in [-0.2, -0.15) is 0 Å². The molecule has 0 radical (unpaired) electrons. The molecule has 4 bridgehead atoms. The monoisotopic (exact) mass is 444 g/mol. The molecule has 5 rings (SSSR count). The Kier molecular flexibility index (Phi) is 7.13. The van der Waals surface area contributed by atoms with Crippen molar-refractivity contribution in [2.75, 3.05) is 26.2 Å². The summed E-state index contributed by atoms with van der Waals surface area (Å²) in [6.45, 7) is 3.22. The summed E-state index contributed by atoms with van der Waals surface area (Å²) >= 11 is 0. The standard InChI is InChI=1S/C26H44N4O2/c31-25(29-15-23-11-17-4-6-21(23)9-17)27-13-19-2-1-3-20(8-19)14-28-26(32)30-16-24-12-18-5-7-22(24)10-18/h17-24H,1-16H2,(H2,27,29,31)(H2,28,30,32)/t17-,18-,19+,20+,21-,22-,23+,24+/m1/s1. The van der Waals surface area contributed by atoms with Gasteiger partial charge in [-0.25, -0.2) is 9.59 Å². The lowest BCUT2D eigenvalue weighted by atomic mass is 9.81. The maximum absolute atomic E-state index is 12.3. The third kappa shape index (κ3) is 5.53. The molecule has 4 N–H and O–H groups in total. The maximum Gasteiger partial charge on any atom is 0.314 e. The molecule has 0 heterocycles. The molecule has 0 unspecified atom stereocenters. The van der Waals surface area contributed by atoms with Crippen LogP contribution in [0.4, 0.5) is 9.59 Å². The van der Waals surface area contributed by atoms with Crippen LogP contribution in [0.1, 0.15) is 77.0 Å². The lowest BCUT2D eigenvalue weighted by Gasteiger charge is -2.30.